The molecule has 0 saturated carbocycles. The number of rotatable bonds is 6. The second-order valence-corrected chi connectivity index (χ2v) is 14.2. The molecule has 14 heteroatoms. The van der Waals surface area contributed by atoms with Crippen molar-refractivity contribution in [2.45, 2.75) is 43.8 Å². The Kier molecular flexibility index (Phi) is 8.67. The fourth-order valence-corrected chi connectivity index (χ4v) is 8.46. The lowest BCUT2D eigenvalue weighted by Gasteiger charge is -2.37. The van der Waals surface area contributed by atoms with Crippen LogP contribution in [0.4, 0.5) is 13.2 Å². The number of halogens is 5. The normalized spacial score (nSPS) is 18.6. The van der Waals surface area contributed by atoms with Crippen LogP contribution in [-0.2, 0) is 26.0 Å². The number of piperidine rings is 1. The summed E-state index contributed by atoms with van der Waals surface area (Å²) in [7, 11) is -9.11. The Morgan fingerprint density at radius 3 is 2.21 bits per heavy atom. The molecule has 39 heavy (non-hydrogen) atoms. The number of nitrogens with one attached hydrogen (secondary N) is 1. The number of sulfonamides is 1. The summed E-state index contributed by atoms with van der Waals surface area (Å²) in [4.78, 5) is 12.5. The van der Waals surface area contributed by atoms with E-state index in [4.69, 9.17) is 11.6 Å². The first-order chi connectivity index (χ1) is 18.2. The molecule has 4 rings (SSSR count). The molecule has 0 radical (unpaired) electrons. The first kappa shape index (κ1) is 29.8. The van der Waals surface area contributed by atoms with Crippen molar-refractivity contribution in [3.05, 3.63) is 88.9 Å². The molecule has 1 aliphatic heterocycles. The van der Waals surface area contributed by atoms with Gasteiger partial charge in [0.2, 0.25) is 19.9 Å². The average Bonchev–Trinajstić information content (AvgIpc) is 2.88. The van der Waals surface area contributed by atoms with Crippen molar-refractivity contribution in [3.63, 3.8) is 0 Å². The number of hydrogen-bond donors (Lipinski definition) is 1. The van der Waals surface area contributed by atoms with Crippen LogP contribution in [0.5, 0.6) is 0 Å². The molecular weight excluding hydrogens is 692 g/mol. The maximum Gasteiger partial charge on any atom is 0.417 e. The van der Waals surface area contributed by atoms with Crippen LogP contribution in [0.3, 0.4) is 0 Å². The largest absolute Gasteiger partial charge is 0.417 e. The number of carbonyl (C=O) groups is 1. The van der Waals surface area contributed by atoms with E-state index in [1.54, 1.807) is 30.3 Å². The number of carbonyl (C=O) groups excluding carboxylic acids is 1. The summed E-state index contributed by atoms with van der Waals surface area (Å²) < 4.78 is 95.8. The van der Waals surface area contributed by atoms with E-state index in [9.17, 15) is 34.8 Å². The summed E-state index contributed by atoms with van der Waals surface area (Å²) in [5.74, 6) is -0.348. The summed E-state index contributed by atoms with van der Waals surface area (Å²) >= 11 is 8.09. The number of alkyl halides is 4. The molecule has 1 fully saturated rings. The lowest BCUT2D eigenvalue weighted by atomic mass is 10.0. The highest BCUT2D eigenvalue weighted by Crippen LogP contribution is 2.37. The van der Waals surface area contributed by atoms with Crippen molar-refractivity contribution in [1.29, 1.82) is 0 Å². The van der Waals surface area contributed by atoms with E-state index in [1.165, 1.54) is 29.2 Å². The zero-order valence-electron chi connectivity index (χ0n) is 19.9. The Hall–Kier alpha value is -2.20. The van der Waals surface area contributed by atoms with Crippen LogP contribution in [0.15, 0.2) is 87.5 Å². The molecule has 0 spiro atoms. The summed E-state index contributed by atoms with van der Waals surface area (Å²) in [6.45, 7) is 0.124. The molecule has 0 bridgehead atoms. The van der Waals surface area contributed by atoms with E-state index >= 15 is 0 Å². The van der Waals surface area contributed by atoms with Crippen LogP contribution in [0.1, 0.15) is 28.8 Å². The SMILES string of the molecule is O=C(c1ccccc1Cl)N1CCC(NS(=O)(=O)c2cc(S(=O)(=O)c3ccccc3)ccc2C(F)(F)F)CC1I. The summed E-state index contributed by atoms with van der Waals surface area (Å²) in [6, 6.07) is 14.4. The number of sulfone groups is 1. The number of likely N-dealkylation sites (tertiary alicyclic amines) is 1. The molecule has 208 valence electrons. The van der Waals surface area contributed by atoms with E-state index in [-0.39, 0.29) is 40.8 Å². The van der Waals surface area contributed by atoms with Crippen molar-refractivity contribution in [2.75, 3.05) is 6.54 Å². The number of benzene rings is 3. The molecule has 1 saturated heterocycles. The molecule has 1 aliphatic rings. The van der Waals surface area contributed by atoms with E-state index in [0.29, 0.717) is 12.1 Å². The molecule has 3 aromatic carbocycles. The summed E-state index contributed by atoms with van der Waals surface area (Å²) in [5.41, 5.74) is -1.20. The minimum absolute atomic E-state index is 0.110. The Labute approximate surface area is 242 Å². The lowest BCUT2D eigenvalue weighted by molar-refractivity contribution is -0.139. The van der Waals surface area contributed by atoms with Gasteiger partial charge in [-0.2, -0.15) is 13.2 Å². The molecule has 2 atom stereocenters. The van der Waals surface area contributed by atoms with Gasteiger partial charge in [0.05, 0.1) is 34.9 Å². The lowest BCUT2D eigenvalue weighted by Crippen LogP contribution is -2.49. The molecule has 0 aliphatic carbocycles. The van der Waals surface area contributed by atoms with Gasteiger partial charge in [-0.3, -0.25) is 4.79 Å². The van der Waals surface area contributed by atoms with Gasteiger partial charge >= 0.3 is 6.18 Å². The van der Waals surface area contributed by atoms with Gasteiger partial charge in [-0.15, -0.1) is 0 Å². The van der Waals surface area contributed by atoms with Crippen LogP contribution < -0.4 is 4.72 Å². The maximum absolute atomic E-state index is 13.8. The first-order valence-corrected chi connectivity index (χ1v) is 16.0. The second kappa shape index (κ2) is 11.4. The van der Waals surface area contributed by atoms with Crippen molar-refractivity contribution >= 4 is 60.0 Å². The molecule has 1 amide bonds. The Morgan fingerprint density at radius 2 is 1.59 bits per heavy atom. The predicted molar refractivity (Wildman–Crippen MR) is 147 cm³/mol. The van der Waals surface area contributed by atoms with E-state index in [2.05, 4.69) is 4.72 Å². The van der Waals surface area contributed by atoms with Crippen LogP contribution in [-0.4, -0.2) is 44.3 Å². The van der Waals surface area contributed by atoms with Gasteiger partial charge in [-0.1, -0.05) is 64.5 Å². The maximum atomic E-state index is 13.8. The Bertz CT molecular complexity index is 1600. The standard InChI is InChI=1S/C25H21ClF3IN2O5S2/c26-21-9-5-4-8-19(21)24(33)32-13-12-16(14-23(32)30)31-39(36,37)22-15-18(10-11-20(22)25(27,28)29)38(34,35)17-6-2-1-3-7-17/h1-11,15-16,23,31H,12-14H2. The van der Waals surface area contributed by atoms with Crippen molar-refractivity contribution in [2.24, 2.45) is 0 Å². The van der Waals surface area contributed by atoms with Gasteiger partial charge in [-0.25, -0.2) is 21.6 Å². The topological polar surface area (TPSA) is 101 Å². The monoisotopic (exact) mass is 712 g/mol. The summed E-state index contributed by atoms with van der Waals surface area (Å²) in [6.07, 6.45) is -4.83. The number of hydrogen-bond acceptors (Lipinski definition) is 5. The molecule has 3 aromatic rings. The van der Waals surface area contributed by atoms with Gasteiger partial charge in [0, 0.05) is 12.6 Å². The zero-order valence-corrected chi connectivity index (χ0v) is 24.4. The van der Waals surface area contributed by atoms with Crippen molar-refractivity contribution < 1.29 is 34.8 Å². The smallest absolute Gasteiger partial charge is 0.327 e. The molecule has 1 N–H and O–H groups in total. The highest BCUT2D eigenvalue weighted by Gasteiger charge is 2.40. The van der Waals surface area contributed by atoms with Crippen LogP contribution in [0.2, 0.25) is 5.02 Å². The first-order valence-electron chi connectivity index (χ1n) is 11.4. The molecule has 0 aromatic heterocycles. The third kappa shape index (κ3) is 6.42. The van der Waals surface area contributed by atoms with Gasteiger partial charge < -0.3 is 4.90 Å². The molecule has 7 nitrogen and oxygen atoms in total. The highest BCUT2D eigenvalue weighted by atomic mass is 127. The fourth-order valence-electron chi connectivity index (χ4n) is 4.19. The molecule has 2 unspecified atom stereocenters. The third-order valence-corrected chi connectivity index (χ3v) is 11.0. The van der Waals surface area contributed by atoms with E-state index in [1.807, 2.05) is 22.6 Å². The Morgan fingerprint density at radius 1 is 0.949 bits per heavy atom. The minimum atomic E-state index is -5.06. The number of amides is 1. The zero-order chi connectivity index (χ0) is 28.6. The number of nitrogens with zero attached hydrogens (tertiary/aromatic N) is 1. The fraction of sp³-hybridized carbons (Fsp3) is 0.240. The van der Waals surface area contributed by atoms with E-state index in [0.717, 1.165) is 6.07 Å². The minimum Gasteiger partial charge on any atom is -0.327 e. The Balaban J connectivity index is 1.61. The third-order valence-electron chi connectivity index (χ3n) is 6.13. The van der Waals surface area contributed by atoms with Gasteiger partial charge in [-0.05, 0) is 55.3 Å². The van der Waals surface area contributed by atoms with Gasteiger partial charge in [0.25, 0.3) is 5.91 Å². The van der Waals surface area contributed by atoms with Gasteiger partial charge in [0.15, 0.2) is 0 Å². The van der Waals surface area contributed by atoms with Gasteiger partial charge in [0.1, 0.15) is 0 Å². The second-order valence-electron chi connectivity index (χ2n) is 8.73. The van der Waals surface area contributed by atoms with Crippen LogP contribution >= 0.6 is 34.2 Å². The average molecular weight is 713 g/mol. The molecule has 1 heterocycles. The predicted octanol–water partition coefficient (Wildman–Crippen LogP) is 5.54. The highest BCUT2D eigenvalue weighted by molar-refractivity contribution is 14.1. The van der Waals surface area contributed by atoms with Crippen LogP contribution in [0, 0.1) is 0 Å². The quantitative estimate of drug-likeness (QED) is 0.206. The van der Waals surface area contributed by atoms with E-state index < -0.39 is 51.5 Å². The summed E-state index contributed by atoms with van der Waals surface area (Å²) in [5, 5.41) is 0.263. The van der Waals surface area contributed by atoms with Crippen LogP contribution in [0.25, 0.3) is 0 Å². The van der Waals surface area contributed by atoms with Crippen molar-refractivity contribution in [1.82, 2.24) is 9.62 Å². The molecular formula is C25H21ClF3IN2O5S2. The van der Waals surface area contributed by atoms with Crippen molar-refractivity contribution in [3.8, 4) is 0 Å².